The van der Waals surface area contributed by atoms with Gasteiger partial charge >= 0.3 is 0 Å². The maximum absolute atomic E-state index is 12.7. The molecule has 5 nitrogen and oxygen atoms in total. The number of methoxy groups -OCH3 is 2. The third-order valence-electron chi connectivity index (χ3n) is 5.34. The highest BCUT2D eigenvalue weighted by molar-refractivity contribution is 5.92. The number of nitrogens with one attached hydrogen (secondary N) is 2. The summed E-state index contributed by atoms with van der Waals surface area (Å²) in [6.07, 6.45) is 2.15. The molecule has 1 unspecified atom stereocenters. The Hall–Kier alpha value is -2.53. The van der Waals surface area contributed by atoms with Gasteiger partial charge in [-0.05, 0) is 37.6 Å². The van der Waals surface area contributed by atoms with Gasteiger partial charge in [0.05, 0.1) is 26.3 Å². The molecule has 0 aromatic heterocycles. The average molecular weight is 369 g/mol. The van der Waals surface area contributed by atoms with Crippen molar-refractivity contribution in [3.63, 3.8) is 0 Å². The molecule has 5 heteroatoms. The van der Waals surface area contributed by atoms with Crippen LogP contribution < -0.4 is 19.7 Å². The number of likely N-dealkylation sites (tertiary alicyclic amines) is 1. The molecule has 1 amide bonds. The lowest BCUT2D eigenvalue weighted by atomic mass is 10.0. The number of amides is 1. The third kappa shape index (κ3) is 4.42. The van der Waals surface area contributed by atoms with Gasteiger partial charge in [-0.2, -0.15) is 0 Å². The van der Waals surface area contributed by atoms with Crippen LogP contribution in [-0.4, -0.2) is 33.2 Å². The first-order valence-electron chi connectivity index (χ1n) is 9.45. The number of hydrogen-bond acceptors (Lipinski definition) is 3. The Balaban J connectivity index is 1.72. The highest BCUT2D eigenvalue weighted by Gasteiger charge is 2.33. The van der Waals surface area contributed by atoms with E-state index in [0.717, 1.165) is 47.7 Å². The first kappa shape index (κ1) is 19.2. The van der Waals surface area contributed by atoms with Crippen LogP contribution in [0.3, 0.4) is 0 Å². The second-order valence-corrected chi connectivity index (χ2v) is 7.25. The van der Waals surface area contributed by atoms with Gasteiger partial charge in [-0.15, -0.1) is 0 Å². The van der Waals surface area contributed by atoms with Crippen molar-refractivity contribution in [2.75, 3.05) is 32.6 Å². The van der Waals surface area contributed by atoms with E-state index >= 15 is 0 Å². The van der Waals surface area contributed by atoms with E-state index in [9.17, 15) is 4.79 Å². The summed E-state index contributed by atoms with van der Waals surface area (Å²) < 4.78 is 10.9. The van der Waals surface area contributed by atoms with E-state index in [1.54, 1.807) is 14.2 Å². The van der Waals surface area contributed by atoms with Gasteiger partial charge in [0.2, 0.25) is 0 Å². The van der Waals surface area contributed by atoms with Gasteiger partial charge in [0.15, 0.2) is 6.54 Å². The van der Waals surface area contributed by atoms with Crippen LogP contribution in [0.25, 0.3) is 0 Å². The summed E-state index contributed by atoms with van der Waals surface area (Å²) in [7, 11) is 3.33. The van der Waals surface area contributed by atoms with E-state index in [1.165, 1.54) is 10.5 Å². The smallest absolute Gasteiger partial charge is 0.279 e. The molecule has 2 aromatic rings. The number of hydrogen-bond donors (Lipinski definition) is 2. The lowest BCUT2D eigenvalue weighted by Crippen LogP contribution is -3.11. The van der Waals surface area contributed by atoms with Crippen molar-refractivity contribution in [2.45, 2.75) is 32.7 Å². The molecular formula is C22H29N2O3+. The van der Waals surface area contributed by atoms with E-state index in [0.29, 0.717) is 6.54 Å². The van der Waals surface area contributed by atoms with Crippen LogP contribution >= 0.6 is 0 Å². The molecule has 0 bridgehead atoms. The fourth-order valence-corrected chi connectivity index (χ4v) is 3.96. The minimum absolute atomic E-state index is 0.0522. The molecular weight excluding hydrogens is 340 g/mol. The molecule has 1 heterocycles. The highest BCUT2D eigenvalue weighted by atomic mass is 16.5. The Labute approximate surface area is 161 Å². The second-order valence-electron chi connectivity index (χ2n) is 7.25. The van der Waals surface area contributed by atoms with E-state index in [1.807, 2.05) is 31.2 Å². The summed E-state index contributed by atoms with van der Waals surface area (Å²) in [4.78, 5) is 13.9. The molecule has 0 spiro atoms. The Bertz CT molecular complexity index is 819. The average Bonchev–Trinajstić information content (AvgIpc) is 3.11. The molecule has 2 atom stereocenters. The highest BCUT2D eigenvalue weighted by Crippen LogP contribution is 2.31. The van der Waals surface area contributed by atoms with E-state index in [-0.39, 0.29) is 11.9 Å². The zero-order valence-corrected chi connectivity index (χ0v) is 16.6. The number of aryl methyl sites for hydroxylation is 2. The standard InChI is InChI=1S/C22H28N2O3/c1-15-7-10-19(16(2)12-15)23-22(25)14-24-11-5-6-20(24)18-9-8-17(26-3)13-21(18)27-4/h7-10,12-13,20H,5-6,11,14H2,1-4H3,(H,23,25)/p+1/t20-/m1/s1. The predicted molar refractivity (Wildman–Crippen MR) is 107 cm³/mol. The van der Waals surface area contributed by atoms with Crippen LogP contribution in [0, 0.1) is 13.8 Å². The zero-order valence-electron chi connectivity index (χ0n) is 16.6. The van der Waals surface area contributed by atoms with Crippen molar-refractivity contribution in [2.24, 2.45) is 0 Å². The van der Waals surface area contributed by atoms with Crippen LogP contribution in [0.2, 0.25) is 0 Å². The van der Waals surface area contributed by atoms with Crippen molar-refractivity contribution in [1.29, 1.82) is 0 Å². The summed E-state index contributed by atoms with van der Waals surface area (Å²) >= 11 is 0. The van der Waals surface area contributed by atoms with Crippen molar-refractivity contribution in [1.82, 2.24) is 0 Å². The van der Waals surface area contributed by atoms with Crippen molar-refractivity contribution >= 4 is 11.6 Å². The molecule has 3 rings (SSSR count). The molecule has 0 saturated carbocycles. The molecule has 1 aliphatic rings. The molecule has 1 saturated heterocycles. The Kier molecular flexibility index (Phi) is 6.01. The Morgan fingerprint density at radius 3 is 2.67 bits per heavy atom. The largest absolute Gasteiger partial charge is 0.497 e. The minimum Gasteiger partial charge on any atom is -0.497 e. The number of rotatable bonds is 6. The van der Waals surface area contributed by atoms with E-state index < -0.39 is 0 Å². The van der Waals surface area contributed by atoms with Crippen LogP contribution in [0.1, 0.15) is 35.6 Å². The molecule has 1 fully saturated rings. The summed E-state index contributed by atoms with van der Waals surface area (Å²) in [5.41, 5.74) is 4.32. The topological polar surface area (TPSA) is 52.0 Å². The first-order chi connectivity index (χ1) is 13.0. The summed E-state index contributed by atoms with van der Waals surface area (Å²) in [6.45, 7) is 5.52. The van der Waals surface area contributed by atoms with Crippen LogP contribution in [0.15, 0.2) is 36.4 Å². The van der Waals surface area contributed by atoms with Crippen molar-refractivity contribution in [3.8, 4) is 11.5 Å². The molecule has 144 valence electrons. The van der Waals surface area contributed by atoms with Gasteiger partial charge < -0.3 is 19.7 Å². The zero-order chi connectivity index (χ0) is 19.4. The van der Waals surface area contributed by atoms with E-state index in [4.69, 9.17) is 9.47 Å². The van der Waals surface area contributed by atoms with Gasteiger partial charge in [0.1, 0.15) is 17.5 Å². The number of ether oxygens (including phenoxy) is 2. The van der Waals surface area contributed by atoms with Crippen molar-refractivity contribution in [3.05, 3.63) is 53.1 Å². The van der Waals surface area contributed by atoms with Crippen molar-refractivity contribution < 1.29 is 19.2 Å². The molecule has 27 heavy (non-hydrogen) atoms. The normalized spacial score (nSPS) is 19.0. The first-order valence-corrected chi connectivity index (χ1v) is 9.45. The number of anilines is 1. The fourth-order valence-electron chi connectivity index (χ4n) is 3.96. The van der Waals surface area contributed by atoms with Crippen LogP contribution in [-0.2, 0) is 4.79 Å². The number of quaternary nitrogens is 1. The minimum atomic E-state index is 0.0522. The lowest BCUT2D eigenvalue weighted by Gasteiger charge is -2.23. The molecule has 2 N–H and O–H groups in total. The quantitative estimate of drug-likeness (QED) is 0.823. The summed E-state index contributed by atoms with van der Waals surface area (Å²) in [6, 6.07) is 12.3. The maximum Gasteiger partial charge on any atom is 0.279 e. The molecule has 1 aliphatic heterocycles. The van der Waals surface area contributed by atoms with E-state index in [2.05, 4.69) is 24.4 Å². The van der Waals surface area contributed by atoms with Crippen LogP contribution in [0.5, 0.6) is 11.5 Å². The number of carbonyl (C=O) groups excluding carboxylic acids is 1. The summed E-state index contributed by atoms with van der Waals surface area (Å²) in [5.74, 6) is 1.66. The molecule has 0 aliphatic carbocycles. The predicted octanol–water partition coefficient (Wildman–Crippen LogP) is 2.68. The number of benzene rings is 2. The fraction of sp³-hybridized carbons (Fsp3) is 0.409. The van der Waals surface area contributed by atoms with Gasteiger partial charge in [-0.25, -0.2) is 0 Å². The number of carbonyl (C=O) groups is 1. The van der Waals surface area contributed by atoms with Crippen LogP contribution in [0.4, 0.5) is 5.69 Å². The maximum atomic E-state index is 12.7. The monoisotopic (exact) mass is 369 g/mol. The summed E-state index contributed by atoms with van der Waals surface area (Å²) in [5, 5.41) is 3.07. The Morgan fingerprint density at radius 1 is 1.15 bits per heavy atom. The Morgan fingerprint density at radius 2 is 1.96 bits per heavy atom. The molecule has 0 radical (unpaired) electrons. The second kappa shape index (κ2) is 8.44. The van der Waals surface area contributed by atoms with Gasteiger partial charge in [0, 0.05) is 24.6 Å². The van der Waals surface area contributed by atoms with Gasteiger partial charge in [-0.1, -0.05) is 17.7 Å². The SMILES string of the molecule is COc1ccc([C@H]2CCC[NH+]2CC(=O)Nc2ccc(C)cc2C)c(OC)c1. The third-order valence-corrected chi connectivity index (χ3v) is 5.34. The van der Waals surface area contributed by atoms with Gasteiger partial charge in [-0.3, -0.25) is 4.79 Å². The van der Waals surface area contributed by atoms with Gasteiger partial charge in [0.25, 0.3) is 5.91 Å². The lowest BCUT2D eigenvalue weighted by molar-refractivity contribution is -0.910. The molecule has 2 aromatic carbocycles.